The zero-order valence-electron chi connectivity index (χ0n) is 16.9. The molecule has 0 spiro atoms. The third-order valence-electron chi connectivity index (χ3n) is 5.03. The molecule has 1 amide bonds. The number of oxazole rings is 1. The molecule has 5 nitrogen and oxygen atoms in total. The molecule has 4 rings (SSSR count). The number of aryl methyl sites for hydroxylation is 3. The van der Waals surface area contributed by atoms with Crippen LogP contribution in [0.5, 0.6) is 5.75 Å². The first-order chi connectivity index (χ1) is 14.0. The number of carbonyl (C=O) groups is 1. The summed E-state index contributed by atoms with van der Waals surface area (Å²) in [6.45, 7) is 6.01. The van der Waals surface area contributed by atoms with Crippen LogP contribution in [0.4, 0.5) is 5.69 Å². The molecule has 0 aliphatic rings. The molecule has 0 fully saturated rings. The second kappa shape index (κ2) is 7.43. The number of hydrogen-bond acceptors (Lipinski definition) is 4. The summed E-state index contributed by atoms with van der Waals surface area (Å²) in [5, 5.41) is 2.93. The zero-order valence-corrected chi connectivity index (χ0v) is 16.9. The Bertz CT molecular complexity index is 1190. The predicted molar refractivity (Wildman–Crippen MR) is 115 cm³/mol. The van der Waals surface area contributed by atoms with Crippen LogP contribution in [0, 0.1) is 20.8 Å². The fourth-order valence-corrected chi connectivity index (χ4v) is 3.33. The van der Waals surface area contributed by atoms with Crippen LogP contribution in [0.2, 0.25) is 0 Å². The maximum atomic E-state index is 12.8. The van der Waals surface area contributed by atoms with Crippen molar-refractivity contribution in [1.29, 1.82) is 0 Å². The molecular formula is C24H22N2O3. The van der Waals surface area contributed by atoms with Gasteiger partial charge in [0, 0.05) is 11.3 Å². The van der Waals surface area contributed by atoms with Crippen LogP contribution in [-0.4, -0.2) is 18.0 Å². The van der Waals surface area contributed by atoms with Crippen molar-refractivity contribution in [3.63, 3.8) is 0 Å². The van der Waals surface area contributed by atoms with Crippen molar-refractivity contribution in [3.8, 4) is 17.2 Å². The van der Waals surface area contributed by atoms with Gasteiger partial charge in [-0.25, -0.2) is 4.98 Å². The quantitative estimate of drug-likeness (QED) is 0.490. The van der Waals surface area contributed by atoms with E-state index in [1.54, 1.807) is 13.2 Å². The van der Waals surface area contributed by atoms with Gasteiger partial charge in [-0.1, -0.05) is 18.2 Å². The van der Waals surface area contributed by atoms with Crippen LogP contribution in [0.15, 0.2) is 59.0 Å². The number of anilines is 1. The van der Waals surface area contributed by atoms with Crippen molar-refractivity contribution in [1.82, 2.24) is 4.98 Å². The highest BCUT2D eigenvalue weighted by Gasteiger charge is 2.15. The Morgan fingerprint density at radius 2 is 1.72 bits per heavy atom. The molecule has 0 aliphatic carbocycles. The van der Waals surface area contributed by atoms with Gasteiger partial charge in [0.2, 0.25) is 5.89 Å². The lowest BCUT2D eigenvalue weighted by molar-refractivity contribution is 0.102. The smallest absolute Gasteiger partial charge is 0.259 e. The van der Waals surface area contributed by atoms with Crippen molar-refractivity contribution in [2.75, 3.05) is 12.4 Å². The Balaban J connectivity index is 1.64. The number of nitrogens with one attached hydrogen (secondary N) is 1. The summed E-state index contributed by atoms with van der Waals surface area (Å²) in [4.78, 5) is 17.4. The van der Waals surface area contributed by atoms with E-state index >= 15 is 0 Å². The highest BCUT2D eigenvalue weighted by molar-refractivity contribution is 6.06. The maximum absolute atomic E-state index is 12.8. The SMILES string of the molecule is COc1c(C)cccc1C(=O)Nc1cccc(-c2nc3cc(C)c(C)cc3o2)c1. The standard InChI is InChI=1S/C24H22N2O3/c1-14-7-5-10-19(22(14)28-4)23(27)25-18-9-6-8-17(13-18)24-26-20-11-15(2)16(3)12-21(20)29-24/h5-13H,1-4H3,(H,25,27). The molecule has 0 radical (unpaired) electrons. The summed E-state index contributed by atoms with van der Waals surface area (Å²) in [5.41, 5.74) is 6.76. The van der Waals surface area contributed by atoms with Gasteiger partial charge >= 0.3 is 0 Å². The number of benzene rings is 3. The van der Waals surface area contributed by atoms with Crippen molar-refractivity contribution in [3.05, 3.63) is 76.9 Å². The minimum atomic E-state index is -0.230. The van der Waals surface area contributed by atoms with E-state index in [2.05, 4.69) is 17.2 Å². The van der Waals surface area contributed by atoms with Crippen molar-refractivity contribution in [2.24, 2.45) is 0 Å². The zero-order chi connectivity index (χ0) is 20.5. The molecule has 1 heterocycles. The number of ether oxygens (including phenoxy) is 1. The summed E-state index contributed by atoms with van der Waals surface area (Å²) in [7, 11) is 1.57. The summed E-state index contributed by atoms with van der Waals surface area (Å²) >= 11 is 0. The molecular weight excluding hydrogens is 364 g/mol. The molecule has 1 N–H and O–H groups in total. The van der Waals surface area contributed by atoms with E-state index in [0.29, 0.717) is 22.9 Å². The third-order valence-corrected chi connectivity index (χ3v) is 5.03. The lowest BCUT2D eigenvalue weighted by Gasteiger charge is -2.11. The molecule has 3 aromatic carbocycles. The molecule has 29 heavy (non-hydrogen) atoms. The molecule has 0 unspecified atom stereocenters. The minimum absolute atomic E-state index is 0.230. The van der Waals surface area contributed by atoms with Crippen LogP contribution in [0.25, 0.3) is 22.6 Å². The van der Waals surface area contributed by atoms with E-state index < -0.39 is 0 Å². The molecule has 0 saturated carbocycles. The Kier molecular flexibility index (Phi) is 4.80. The molecule has 0 atom stereocenters. The first-order valence-electron chi connectivity index (χ1n) is 9.39. The van der Waals surface area contributed by atoms with E-state index in [-0.39, 0.29) is 5.91 Å². The molecule has 0 bridgehead atoms. The van der Waals surface area contributed by atoms with Crippen LogP contribution >= 0.6 is 0 Å². The Morgan fingerprint density at radius 3 is 2.52 bits per heavy atom. The molecule has 0 saturated heterocycles. The lowest BCUT2D eigenvalue weighted by atomic mass is 10.1. The number of para-hydroxylation sites is 1. The molecule has 0 aliphatic heterocycles. The minimum Gasteiger partial charge on any atom is -0.496 e. The number of carbonyl (C=O) groups excluding carboxylic acids is 1. The van der Waals surface area contributed by atoms with Crippen molar-refractivity contribution >= 4 is 22.7 Å². The number of nitrogens with zero attached hydrogens (tertiary/aromatic N) is 1. The lowest BCUT2D eigenvalue weighted by Crippen LogP contribution is -2.13. The number of amides is 1. The average molecular weight is 386 g/mol. The summed E-state index contributed by atoms with van der Waals surface area (Å²) in [5.74, 6) is 0.867. The van der Waals surface area contributed by atoms with Crippen molar-refractivity contribution in [2.45, 2.75) is 20.8 Å². The highest BCUT2D eigenvalue weighted by atomic mass is 16.5. The van der Waals surface area contributed by atoms with Gasteiger partial charge in [-0.3, -0.25) is 4.79 Å². The van der Waals surface area contributed by atoms with E-state index in [9.17, 15) is 4.79 Å². The van der Waals surface area contributed by atoms with Crippen LogP contribution in [0.1, 0.15) is 27.0 Å². The van der Waals surface area contributed by atoms with Gasteiger partial charge in [0.1, 0.15) is 11.3 Å². The second-order valence-electron chi connectivity index (χ2n) is 7.11. The first kappa shape index (κ1) is 18.7. The molecule has 5 heteroatoms. The van der Waals surface area contributed by atoms with Crippen LogP contribution in [-0.2, 0) is 0 Å². The Hall–Kier alpha value is -3.60. The highest BCUT2D eigenvalue weighted by Crippen LogP contribution is 2.29. The van der Waals surface area contributed by atoms with Crippen LogP contribution < -0.4 is 10.1 Å². The monoisotopic (exact) mass is 386 g/mol. The van der Waals surface area contributed by atoms with Gasteiger partial charge in [-0.2, -0.15) is 0 Å². The van der Waals surface area contributed by atoms with Gasteiger partial charge < -0.3 is 14.5 Å². The van der Waals surface area contributed by atoms with Gasteiger partial charge in [0.25, 0.3) is 5.91 Å². The van der Waals surface area contributed by atoms with E-state index in [1.165, 1.54) is 5.56 Å². The van der Waals surface area contributed by atoms with Gasteiger partial charge in [0.05, 0.1) is 12.7 Å². The fraction of sp³-hybridized carbons (Fsp3) is 0.167. The predicted octanol–water partition coefficient (Wildman–Crippen LogP) is 5.68. The molecule has 1 aromatic heterocycles. The fourth-order valence-electron chi connectivity index (χ4n) is 3.33. The van der Waals surface area contributed by atoms with Crippen molar-refractivity contribution < 1.29 is 13.9 Å². The molecule has 4 aromatic rings. The summed E-state index contributed by atoms with van der Waals surface area (Å²) in [6.07, 6.45) is 0. The summed E-state index contributed by atoms with van der Waals surface area (Å²) in [6, 6.07) is 17.0. The van der Waals surface area contributed by atoms with Crippen LogP contribution in [0.3, 0.4) is 0 Å². The van der Waals surface area contributed by atoms with Gasteiger partial charge in [-0.05, 0) is 73.9 Å². The average Bonchev–Trinajstić information content (AvgIpc) is 3.11. The summed E-state index contributed by atoms with van der Waals surface area (Å²) < 4.78 is 11.3. The maximum Gasteiger partial charge on any atom is 0.259 e. The largest absolute Gasteiger partial charge is 0.496 e. The molecule has 146 valence electrons. The van der Waals surface area contributed by atoms with E-state index in [1.807, 2.05) is 62.4 Å². The topological polar surface area (TPSA) is 64.4 Å². The van der Waals surface area contributed by atoms with Gasteiger partial charge in [-0.15, -0.1) is 0 Å². The number of rotatable bonds is 4. The Morgan fingerprint density at radius 1 is 0.966 bits per heavy atom. The third kappa shape index (κ3) is 3.59. The van der Waals surface area contributed by atoms with E-state index in [0.717, 1.165) is 27.8 Å². The number of hydrogen-bond donors (Lipinski definition) is 1. The normalized spacial score (nSPS) is 10.9. The van der Waals surface area contributed by atoms with E-state index in [4.69, 9.17) is 9.15 Å². The Labute approximate surface area is 169 Å². The van der Waals surface area contributed by atoms with Gasteiger partial charge in [0.15, 0.2) is 5.58 Å². The number of fused-ring (bicyclic) bond motifs is 1. The number of methoxy groups -OCH3 is 1. The first-order valence-corrected chi connectivity index (χ1v) is 9.39. The number of aromatic nitrogens is 1. The second-order valence-corrected chi connectivity index (χ2v) is 7.11.